The smallest absolute Gasteiger partial charge is 0.166 e. The molecule has 0 saturated heterocycles. The minimum Gasteiger partial charge on any atom is -0.478 e. The molecule has 0 aliphatic carbocycles. The van der Waals surface area contributed by atoms with Gasteiger partial charge in [-0.25, -0.2) is 4.98 Å². The summed E-state index contributed by atoms with van der Waals surface area (Å²) in [6.07, 6.45) is 2.07. The monoisotopic (exact) mass is 370 g/mol. The molecule has 1 aromatic carbocycles. The lowest BCUT2D eigenvalue weighted by Gasteiger charge is -2.30. The van der Waals surface area contributed by atoms with Crippen molar-refractivity contribution in [3.63, 3.8) is 0 Å². The SMILES string of the molecule is Nc1ncccc1OC(C=O)CNCC(O)CN1CCc2ccccc2C1. The third kappa shape index (κ3) is 5.50. The molecule has 2 aromatic rings. The van der Waals surface area contributed by atoms with Crippen LogP contribution >= 0.6 is 0 Å². The molecule has 0 radical (unpaired) electrons. The van der Waals surface area contributed by atoms with Crippen LogP contribution in [0.15, 0.2) is 42.6 Å². The molecule has 2 atom stereocenters. The van der Waals surface area contributed by atoms with Crippen molar-refractivity contribution in [1.82, 2.24) is 15.2 Å². The number of aldehydes is 1. The van der Waals surface area contributed by atoms with Gasteiger partial charge < -0.3 is 20.9 Å². The number of ether oxygens (including phenoxy) is 1. The highest BCUT2D eigenvalue weighted by molar-refractivity contribution is 5.58. The molecule has 0 spiro atoms. The Morgan fingerprint density at radius 3 is 2.85 bits per heavy atom. The summed E-state index contributed by atoms with van der Waals surface area (Å²) in [5, 5.41) is 13.4. The number of nitrogens with two attached hydrogens (primary N) is 1. The zero-order valence-electron chi connectivity index (χ0n) is 15.3. The molecular weight excluding hydrogens is 344 g/mol. The number of benzene rings is 1. The van der Waals surface area contributed by atoms with Gasteiger partial charge in [-0.05, 0) is 29.7 Å². The maximum absolute atomic E-state index is 11.2. The van der Waals surface area contributed by atoms with Gasteiger partial charge in [-0.15, -0.1) is 0 Å². The van der Waals surface area contributed by atoms with Crippen molar-refractivity contribution >= 4 is 12.1 Å². The third-order valence-corrected chi connectivity index (χ3v) is 4.63. The van der Waals surface area contributed by atoms with E-state index >= 15 is 0 Å². The fourth-order valence-electron chi connectivity index (χ4n) is 3.25. The molecule has 3 rings (SSSR count). The van der Waals surface area contributed by atoms with Crippen LogP contribution in [-0.2, 0) is 17.8 Å². The second kappa shape index (κ2) is 9.45. The molecule has 1 aliphatic heterocycles. The van der Waals surface area contributed by atoms with Gasteiger partial charge in [0.05, 0.1) is 6.10 Å². The van der Waals surface area contributed by atoms with Crippen LogP contribution in [0.5, 0.6) is 5.75 Å². The van der Waals surface area contributed by atoms with Crippen molar-refractivity contribution < 1.29 is 14.6 Å². The zero-order valence-corrected chi connectivity index (χ0v) is 15.3. The summed E-state index contributed by atoms with van der Waals surface area (Å²) in [6, 6.07) is 11.8. The van der Waals surface area contributed by atoms with Crippen LogP contribution < -0.4 is 15.8 Å². The second-order valence-corrected chi connectivity index (χ2v) is 6.75. The predicted octanol–water partition coefficient (Wildman–Crippen LogP) is 0.619. The van der Waals surface area contributed by atoms with Crippen LogP contribution in [0, 0.1) is 0 Å². The van der Waals surface area contributed by atoms with Gasteiger partial charge in [-0.3, -0.25) is 9.69 Å². The number of fused-ring (bicyclic) bond motifs is 1. The van der Waals surface area contributed by atoms with E-state index in [0.29, 0.717) is 25.1 Å². The van der Waals surface area contributed by atoms with Crippen LogP contribution in [0.4, 0.5) is 5.82 Å². The van der Waals surface area contributed by atoms with E-state index in [2.05, 4.69) is 39.5 Å². The Morgan fingerprint density at radius 2 is 2.07 bits per heavy atom. The topological polar surface area (TPSA) is 101 Å². The maximum atomic E-state index is 11.2. The van der Waals surface area contributed by atoms with E-state index in [1.165, 1.54) is 11.1 Å². The summed E-state index contributed by atoms with van der Waals surface area (Å²) in [4.78, 5) is 17.4. The van der Waals surface area contributed by atoms with E-state index < -0.39 is 12.2 Å². The van der Waals surface area contributed by atoms with E-state index in [1.54, 1.807) is 18.3 Å². The molecule has 2 heterocycles. The molecule has 0 amide bonds. The Bertz CT molecular complexity index is 756. The lowest BCUT2D eigenvalue weighted by atomic mass is 10.00. The first kappa shape index (κ1) is 19.3. The van der Waals surface area contributed by atoms with Gasteiger partial charge in [0.2, 0.25) is 0 Å². The number of aliphatic hydroxyl groups excluding tert-OH is 1. The molecule has 144 valence electrons. The Morgan fingerprint density at radius 1 is 1.26 bits per heavy atom. The minimum absolute atomic E-state index is 0.245. The normalized spacial score (nSPS) is 16.3. The van der Waals surface area contributed by atoms with Gasteiger partial charge in [-0.1, -0.05) is 24.3 Å². The number of hydrogen-bond acceptors (Lipinski definition) is 7. The number of rotatable bonds is 9. The van der Waals surface area contributed by atoms with Gasteiger partial charge in [0.15, 0.2) is 24.0 Å². The lowest BCUT2D eigenvalue weighted by Crippen LogP contribution is -2.43. The molecule has 1 aliphatic rings. The number of nitrogens with one attached hydrogen (secondary N) is 1. The van der Waals surface area contributed by atoms with Crippen molar-refractivity contribution in [3.05, 3.63) is 53.7 Å². The molecule has 0 saturated carbocycles. The lowest BCUT2D eigenvalue weighted by molar-refractivity contribution is -0.113. The molecule has 2 unspecified atom stereocenters. The van der Waals surface area contributed by atoms with Gasteiger partial charge >= 0.3 is 0 Å². The molecular formula is C20H26N4O3. The number of hydrogen-bond donors (Lipinski definition) is 3. The van der Waals surface area contributed by atoms with E-state index in [9.17, 15) is 9.90 Å². The van der Waals surface area contributed by atoms with Crippen molar-refractivity contribution in [1.29, 1.82) is 0 Å². The van der Waals surface area contributed by atoms with Crippen LogP contribution in [0.2, 0.25) is 0 Å². The molecule has 0 bridgehead atoms. The Labute approximate surface area is 159 Å². The van der Waals surface area contributed by atoms with Gasteiger partial charge in [-0.2, -0.15) is 0 Å². The van der Waals surface area contributed by atoms with Crippen molar-refractivity contribution in [2.24, 2.45) is 0 Å². The van der Waals surface area contributed by atoms with Crippen LogP contribution in [0.1, 0.15) is 11.1 Å². The highest BCUT2D eigenvalue weighted by Gasteiger charge is 2.19. The summed E-state index contributed by atoms with van der Waals surface area (Å²) in [6.45, 7) is 3.05. The van der Waals surface area contributed by atoms with E-state index in [0.717, 1.165) is 19.5 Å². The fourth-order valence-corrected chi connectivity index (χ4v) is 3.25. The molecule has 7 nitrogen and oxygen atoms in total. The standard InChI is InChI=1S/C20H26N4O3/c21-20-19(6-3-8-23-20)27-18(14-25)11-22-10-17(26)13-24-9-7-15-4-1-2-5-16(15)12-24/h1-6,8,14,17-18,22,26H,7,9-13H2,(H2,21,23). The number of β-amino-alcohol motifs (C(OH)–C–C–N with tert-alkyl or cyclic N) is 1. The Kier molecular flexibility index (Phi) is 6.75. The van der Waals surface area contributed by atoms with Crippen molar-refractivity contribution in [2.75, 3.05) is 31.9 Å². The number of pyridine rings is 1. The number of anilines is 1. The van der Waals surface area contributed by atoms with Crippen LogP contribution in [0.3, 0.4) is 0 Å². The van der Waals surface area contributed by atoms with Gasteiger partial charge in [0.1, 0.15) is 0 Å². The summed E-state index contributed by atoms with van der Waals surface area (Å²) in [5.74, 6) is 0.624. The number of nitrogen functional groups attached to an aromatic ring is 1. The van der Waals surface area contributed by atoms with E-state index in [4.69, 9.17) is 10.5 Å². The Balaban J connectivity index is 1.40. The quantitative estimate of drug-likeness (QED) is 0.556. The second-order valence-electron chi connectivity index (χ2n) is 6.75. The largest absolute Gasteiger partial charge is 0.478 e. The highest BCUT2D eigenvalue weighted by Crippen LogP contribution is 2.19. The summed E-state index contributed by atoms with van der Waals surface area (Å²) >= 11 is 0. The average Bonchev–Trinajstić information content (AvgIpc) is 2.68. The fraction of sp³-hybridized carbons (Fsp3) is 0.400. The summed E-state index contributed by atoms with van der Waals surface area (Å²) in [5.41, 5.74) is 8.44. The van der Waals surface area contributed by atoms with Gasteiger partial charge in [0, 0.05) is 38.9 Å². The highest BCUT2D eigenvalue weighted by atomic mass is 16.5. The number of aliphatic hydroxyl groups is 1. The maximum Gasteiger partial charge on any atom is 0.166 e. The summed E-state index contributed by atoms with van der Waals surface area (Å²) < 4.78 is 5.56. The number of carbonyl (C=O) groups excluding carboxylic acids is 1. The molecule has 27 heavy (non-hydrogen) atoms. The molecule has 7 heteroatoms. The number of nitrogens with zero attached hydrogens (tertiary/aromatic N) is 2. The average molecular weight is 370 g/mol. The van der Waals surface area contributed by atoms with E-state index in [-0.39, 0.29) is 12.4 Å². The molecule has 4 N–H and O–H groups in total. The third-order valence-electron chi connectivity index (χ3n) is 4.63. The van der Waals surface area contributed by atoms with Crippen molar-refractivity contribution in [2.45, 2.75) is 25.2 Å². The first-order chi connectivity index (χ1) is 13.2. The van der Waals surface area contributed by atoms with Crippen LogP contribution in [0.25, 0.3) is 0 Å². The molecule has 0 fully saturated rings. The first-order valence-corrected chi connectivity index (χ1v) is 9.16. The summed E-state index contributed by atoms with van der Waals surface area (Å²) in [7, 11) is 0. The number of aromatic nitrogens is 1. The predicted molar refractivity (Wildman–Crippen MR) is 103 cm³/mol. The number of carbonyl (C=O) groups is 1. The van der Waals surface area contributed by atoms with E-state index in [1.807, 2.05) is 0 Å². The molecule has 1 aromatic heterocycles. The first-order valence-electron chi connectivity index (χ1n) is 9.16. The van der Waals surface area contributed by atoms with Crippen molar-refractivity contribution in [3.8, 4) is 5.75 Å². The Hall–Kier alpha value is -2.48. The van der Waals surface area contributed by atoms with Crippen LogP contribution in [-0.4, -0.2) is 59.7 Å². The van der Waals surface area contributed by atoms with Gasteiger partial charge in [0.25, 0.3) is 0 Å². The minimum atomic E-state index is -0.689. The zero-order chi connectivity index (χ0) is 19.1.